The van der Waals surface area contributed by atoms with Crippen LogP contribution in [0.1, 0.15) is 52.2 Å². The van der Waals surface area contributed by atoms with Crippen LogP contribution in [0.4, 0.5) is 0 Å². The molecule has 2 aromatic heterocycles. The van der Waals surface area contributed by atoms with Gasteiger partial charge in [-0.15, -0.1) is 5.10 Å². The Hall–Kier alpha value is -2.34. The fourth-order valence-corrected chi connectivity index (χ4v) is 5.13. The third kappa shape index (κ3) is 3.41. The lowest BCUT2D eigenvalue weighted by Gasteiger charge is -2.35. The first-order valence-corrected chi connectivity index (χ1v) is 11.6. The predicted molar refractivity (Wildman–Crippen MR) is 124 cm³/mol. The molecule has 30 heavy (non-hydrogen) atoms. The molecule has 0 radical (unpaired) electrons. The maximum Gasteiger partial charge on any atom is 0.265 e. The van der Waals surface area contributed by atoms with Crippen LogP contribution < -0.4 is 5.56 Å². The van der Waals surface area contributed by atoms with E-state index in [1.54, 1.807) is 16.2 Å². The topological polar surface area (TPSA) is 52.2 Å². The molecule has 0 fully saturated rings. The van der Waals surface area contributed by atoms with Crippen molar-refractivity contribution in [1.82, 2.24) is 19.2 Å². The molecule has 2 heterocycles. The van der Waals surface area contributed by atoms with Crippen molar-refractivity contribution in [3.05, 3.63) is 57.9 Å². The lowest BCUT2D eigenvalue weighted by Crippen LogP contribution is -2.38. The second-order valence-electron chi connectivity index (χ2n) is 9.13. The molecule has 0 bridgehead atoms. The fraction of sp³-hybridized carbons (Fsp3) is 0.458. The molecule has 1 aliphatic rings. The number of hydrogen-bond acceptors (Lipinski definition) is 4. The summed E-state index contributed by atoms with van der Waals surface area (Å²) in [7, 11) is 0. The summed E-state index contributed by atoms with van der Waals surface area (Å²) < 4.78 is 3.56. The highest BCUT2D eigenvalue weighted by Crippen LogP contribution is 2.42. The molecule has 3 aromatic rings. The summed E-state index contributed by atoms with van der Waals surface area (Å²) in [5, 5.41) is 5.50. The molecule has 1 atom stereocenters. The van der Waals surface area contributed by atoms with Gasteiger partial charge in [0.1, 0.15) is 0 Å². The lowest BCUT2D eigenvalue weighted by atomic mass is 9.69. The number of rotatable bonds is 6. The van der Waals surface area contributed by atoms with E-state index >= 15 is 0 Å². The zero-order chi connectivity index (χ0) is 21.6. The van der Waals surface area contributed by atoms with Crippen molar-refractivity contribution in [3.8, 4) is 11.3 Å². The van der Waals surface area contributed by atoms with Crippen molar-refractivity contribution in [2.24, 2.45) is 5.92 Å². The summed E-state index contributed by atoms with van der Waals surface area (Å²) in [4.78, 5) is 19.0. The Morgan fingerprint density at radius 3 is 2.73 bits per heavy atom. The van der Waals surface area contributed by atoms with Crippen molar-refractivity contribution in [2.45, 2.75) is 64.6 Å². The van der Waals surface area contributed by atoms with Gasteiger partial charge in [-0.25, -0.2) is 14.1 Å². The second kappa shape index (κ2) is 7.73. The summed E-state index contributed by atoms with van der Waals surface area (Å²) in [6.07, 6.45) is 1.73. The third-order valence-electron chi connectivity index (χ3n) is 5.90. The molecule has 0 saturated carbocycles. The smallest absolute Gasteiger partial charge is 0.265 e. The summed E-state index contributed by atoms with van der Waals surface area (Å²) >= 11 is 1.63. The van der Waals surface area contributed by atoms with Crippen LogP contribution in [0.5, 0.6) is 0 Å². The number of nitrogens with zero attached hydrogens (tertiary/aromatic N) is 4. The molecular formula is C24H30N4OS. The number of hydrogen-bond donors (Lipinski definition) is 0. The standard InChI is InChI=1S/C24H30N4OS/c1-7-24(6)12-17-10-8-9-11-18(17)20-19(24)21(29)28-22(25-20)27(13-15(2)3)26-23(28)30-14-16(4)5/h8-11,16H,2,7,12-14H2,1,3-6H3/t24-/m1/s1. The summed E-state index contributed by atoms with van der Waals surface area (Å²) in [6.45, 7) is 15.3. The highest BCUT2D eigenvalue weighted by atomic mass is 32.2. The second-order valence-corrected chi connectivity index (χ2v) is 10.1. The highest BCUT2D eigenvalue weighted by molar-refractivity contribution is 7.99. The maximum atomic E-state index is 14.0. The minimum Gasteiger partial charge on any atom is -0.268 e. The first-order valence-electron chi connectivity index (χ1n) is 10.6. The van der Waals surface area contributed by atoms with E-state index in [-0.39, 0.29) is 11.0 Å². The fourth-order valence-electron chi connectivity index (χ4n) is 4.20. The number of thioether (sulfide) groups is 1. The predicted octanol–water partition coefficient (Wildman–Crippen LogP) is 5.11. The van der Waals surface area contributed by atoms with E-state index < -0.39 is 0 Å². The van der Waals surface area contributed by atoms with Gasteiger partial charge < -0.3 is 0 Å². The number of allylic oxidation sites excluding steroid dienone is 1. The van der Waals surface area contributed by atoms with Gasteiger partial charge in [0.15, 0.2) is 5.16 Å². The van der Waals surface area contributed by atoms with E-state index in [0.717, 1.165) is 46.1 Å². The largest absolute Gasteiger partial charge is 0.268 e. The molecule has 0 N–H and O–H groups in total. The Balaban J connectivity index is 2.06. The zero-order valence-electron chi connectivity index (χ0n) is 18.5. The molecule has 0 spiro atoms. The minimum atomic E-state index is -0.245. The van der Waals surface area contributed by atoms with E-state index in [0.29, 0.717) is 18.2 Å². The van der Waals surface area contributed by atoms with Crippen molar-refractivity contribution >= 4 is 17.5 Å². The van der Waals surface area contributed by atoms with Crippen LogP contribution in [0.2, 0.25) is 0 Å². The van der Waals surface area contributed by atoms with Gasteiger partial charge in [-0.3, -0.25) is 4.79 Å². The molecule has 1 aliphatic carbocycles. The van der Waals surface area contributed by atoms with Crippen LogP contribution in [-0.4, -0.2) is 24.9 Å². The number of benzene rings is 1. The molecule has 0 aliphatic heterocycles. The van der Waals surface area contributed by atoms with Crippen molar-refractivity contribution in [2.75, 3.05) is 5.75 Å². The van der Waals surface area contributed by atoms with E-state index in [1.165, 1.54) is 5.56 Å². The van der Waals surface area contributed by atoms with E-state index in [9.17, 15) is 4.79 Å². The molecule has 0 unspecified atom stereocenters. The minimum absolute atomic E-state index is 0.0214. The molecule has 1 aromatic carbocycles. The summed E-state index contributed by atoms with van der Waals surface area (Å²) in [6, 6.07) is 8.33. The summed E-state index contributed by atoms with van der Waals surface area (Å²) in [5.41, 5.74) is 4.71. The molecule has 5 nitrogen and oxygen atoms in total. The molecule has 0 saturated heterocycles. The van der Waals surface area contributed by atoms with Crippen LogP contribution in [0.15, 0.2) is 46.4 Å². The summed E-state index contributed by atoms with van der Waals surface area (Å²) in [5.74, 6) is 2.00. The van der Waals surface area contributed by atoms with Gasteiger partial charge in [0.25, 0.3) is 5.56 Å². The lowest BCUT2D eigenvalue weighted by molar-refractivity contribution is 0.439. The van der Waals surface area contributed by atoms with E-state index in [4.69, 9.17) is 10.1 Å². The van der Waals surface area contributed by atoms with E-state index in [1.807, 2.05) is 17.7 Å². The van der Waals surface area contributed by atoms with Crippen LogP contribution in [0.3, 0.4) is 0 Å². The van der Waals surface area contributed by atoms with Crippen LogP contribution in [0, 0.1) is 5.92 Å². The Labute approximate surface area is 182 Å². The third-order valence-corrected chi connectivity index (χ3v) is 7.25. The van der Waals surface area contributed by atoms with Crippen molar-refractivity contribution in [1.29, 1.82) is 0 Å². The van der Waals surface area contributed by atoms with Crippen LogP contribution in [0.25, 0.3) is 17.0 Å². The maximum absolute atomic E-state index is 14.0. The Kier molecular flexibility index (Phi) is 5.39. The van der Waals surface area contributed by atoms with E-state index in [2.05, 4.69) is 52.5 Å². The number of aromatic nitrogens is 4. The van der Waals surface area contributed by atoms with Gasteiger partial charge in [-0.1, -0.05) is 75.9 Å². The Morgan fingerprint density at radius 1 is 1.33 bits per heavy atom. The van der Waals surface area contributed by atoms with Crippen LogP contribution in [-0.2, 0) is 18.4 Å². The Bertz CT molecular complexity index is 1190. The SMILES string of the molecule is C=C(C)Cn1nc(SCC(C)C)n2c(=O)c3c(nc12)-c1ccccc1C[C@@]3(C)CC. The average Bonchev–Trinajstić information content (AvgIpc) is 3.03. The van der Waals surface area contributed by atoms with Crippen molar-refractivity contribution < 1.29 is 0 Å². The average molecular weight is 423 g/mol. The zero-order valence-corrected chi connectivity index (χ0v) is 19.3. The normalized spacial score (nSPS) is 17.9. The first kappa shape index (κ1) is 20.9. The monoisotopic (exact) mass is 422 g/mol. The molecule has 6 heteroatoms. The van der Waals surface area contributed by atoms with Gasteiger partial charge in [0.2, 0.25) is 5.78 Å². The highest BCUT2D eigenvalue weighted by Gasteiger charge is 2.38. The van der Waals surface area contributed by atoms with Gasteiger partial charge in [-0.05, 0) is 31.2 Å². The van der Waals surface area contributed by atoms with Gasteiger partial charge in [0.05, 0.1) is 17.8 Å². The van der Waals surface area contributed by atoms with Crippen molar-refractivity contribution in [3.63, 3.8) is 0 Å². The number of fused-ring (bicyclic) bond motifs is 4. The molecule has 158 valence electrons. The molecular weight excluding hydrogens is 392 g/mol. The van der Waals surface area contributed by atoms with Gasteiger partial charge in [-0.2, -0.15) is 0 Å². The van der Waals surface area contributed by atoms with Gasteiger partial charge in [0, 0.05) is 16.7 Å². The quantitative estimate of drug-likeness (QED) is 0.409. The first-order chi connectivity index (χ1) is 14.2. The molecule has 0 amide bonds. The van der Waals surface area contributed by atoms with Crippen LogP contribution >= 0.6 is 11.8 Å². The van der Waals surface area contributed by atoms with Gasteiger partial charge >= 0.3 is 0 Å². The molecule has 4 rings (SSSR count). The Morgan fingerprint density at radius 2 is 2.07 bits per heavy atom.